The van der Waals surface area contributed by atoms with Crippen LogP contribution in [0.15, 0.2) is 12.1 Å². The van der Waals surface area contributed by atoms with E-state index in [1.807, 2.05) is 0 Å². The topological polar surface area (TPSA) is 66.5 Å². The maximum atomic E-state index is 13.2. The zero-order valence-electron chi connectivity index (χ0n) is 8.95. The van der Waals surface area contributed by atoms with Gasteiger partial charge in [-0.25, -0.2) is 8.78 Å². The van der Waals surface area contributed by atoms with Crippen LogP contribution >= 0.6 is 0 Å². The van der Waals surface area contributed by atoms with Gasteiger partial charge < -0.3 is 15.9 Å². The van der Waals surface area contributed by atoms with E-state index in [0.29, 0.717) is 0 Å². The fourth-order valence-electron chi connectivity index (χ4n) is 1.52. The predicted octanol–water partition coefficient (Wildman–Crippen LogP) is 1.02. The van der Waals surface area contributed by atoms with Crippen LogP contribution in [-0.2, 0) is 0 Å². The van der Waals surface area contributed by atoms with Gasteiger partial charge in [0.15, 0.2) is 11.6 Å². The van der Waals surface area contributed by atoms with Crippen LogP contribution in [0.1, 0.15) is 23.7 Å². The van der Waals surface area contributed by atoms with Crippen molar-refractivity contribution in [2.45, 2.75) is 25.6 Å². The molecule has 2 atom stereocenters. The van der Waals surface area contributed by atoms with Crippen molar-refractivity contribution >= 4 is 0 Å². The molecule has 0 aliphatic carbocycles. The Balaban J connectivity index is 3.00. The molecular weight excluding hydrogens is 216 g/mol. The van der Waals surface area contributed by atoms with Gasteiger partial charge in [0, 0.05) is 0 Å². The molecule has 0 saturated heterocycles. The normalized spacial score (nSPS) is 14.9. The zero-order valence-corrected chi connectivity index (χ0v) is 8.95. The first-order valence-corrected chi connectivity index (χ1v) is 4.99. The molecular formula is C11H15F2NO2. The quantitative estimate of drug-likeness (QED) is 0.724. The Kier molecular flexibility index (Phi) is 4.35. The summed E-state index contributed by atoms with van der Waals surface area (Å²) in [7, 11) is 0. The van der Waals surface area contributed by atoms with Crippen LogP contribution in [0.3, 0.4) is 0 Å². The van der Waals surface area contributed by atoms with Gasteiger partial charge in [-0.15, -0.1) is 0 Å². The van der Waals surface area contributed by atoms with Gasteiger partial charge in [-0.1, -0.05) is 6.07 Å². The highest BCUT2D eigenvalue weighted by atomic mass is 19.2. The number of aliphatic hydroxyl groups is 2. The van der Waals surface area contributed by atoms with E-state index in [1.54, 1.807) is 0 Å². The Labute approximate surface area is 92.5 Å². The van der Waals surface area contributed by atoms with Gasteiger partial charge in [0.25, 0.3) is 0 Å². The minimum absolute atomic E-state index is 0.00331. The smallest absolute Gasteiger partial charge is 0.162 e. The molecule has 0 fully saturated rings. The molecule has 0 aliphatic heterocycles. The van der Waals surface area contributed by atoms with Crippen LogP contribution in [-0.4, -0.2) is 22.9 Å². The molecule has 2 unspecified atom stereocenters. The first-order chi connectivity index (χ1) is 7.49. The van der Waals surface area contributed by atoms with Crippen LogP contribution in [0, 0.1) is 18.6 Å². The van der Waals surface area contributed by atoms with Crippen molar-refractivity contribution in [2.75, 3.05) is 6.54 Å². The highest BCUT2D eigenvalue weighted by Crippen LogP contribution is 2.25. The van der Waals surface area contributed by atoms with Crippen LogP contribution in [0.25, 0.3) is 0 Å². The molecule has 4 N–H and O–H groups in total. The molecule has 1 rings (SSSR count). The first-order valence-electron chi connectivity index (χ1n) is 4.99. The second kappa shape index (κ2) is 5.34. The summed E-state index contributed by atoms with van der Waals surface area (Å²) < 4.78 is 26.0. The predicted molar refractivity (Wildman–Crippen MR) is 55.7 cm³/mol. The lowest BCUT2D eigenvalue weighted by Crippen LogP contribution is -2.22. The molecule has 0 aliphatic rings. The number of halogens is 2. The van der Waals surface area contributed by atoms with Crippen molar-refractivity contribution in [1.29, 1.82) is 0 Å². The minimum Gasteiger partial charge on any atom is -0.390 e. The second-order valence-electron chi connectivity index (χ2n) is 3.67. The van der Waals surface area contributed by atoms with Gasteiger partial charge in [0.1, 0.15) is 6.10 Å². The molecule has 0 spiro atoms. The average Bonchev–Trinajstić information content (AvgIpc) is 2.26. The van der Waals surface area contributed by atoms with Crippen LogP contribution in [0.2, 0.25) is 0 Å². The molecule has 0 amide bonds. The molecule has 0 bridgehead atoms. The molecule has 0 radical (unpaired) electrons. The lowest BCUT2D eigenvalue weighted by molar-refractivity contribution is 0.0144. The fourth-order valence-corrected chi connectivity index (χ4v) is 1.52. The third-order valence-corrected chi connectivity index (χ3v) is 2.53. The Morgan fingerprint density at radius 1 is 1.31 bits per heavy atom. The van der Waals surface area contributed by atoms with Crippen LogP contribution in [0.5, 0.6) is 0 Å². The Morgan fingerprint density at radius 2 is 1.94 bits per heavy atom. The number of benzene rings is 1. The number of aliphatic hydroxyl groups excluding tert-OH is 2. The molecule has 0 aromatic heterocycles. The summed E-state index contributed by atoms with van der Waals surface area (Å²) in [5.41, 5.74) is 5.42. The van der Waals surface area contributed by atoms with Crippen molar-refractivity contribution in [1.82, 2.24) is 0 Å². The third kappa shape index (κ3) is 2.55. The van der Waals surface area contributed by atoms with Crippen molar-refractivity contribution in [3.05, 3.63) is 34.9 Å². The van der Waals surface area contributed by atoms with Gasteiger partial charge in [0.2, 0.25) is 0 Å². The van der Waals surface area contributed by atoms with E-state index in [1.165, 1.54) is 13.0 Å². The van der Waals surface area contributed by atoms with E-state index < -0.39 is 23.8 Å². The van der Waals surface area contributed by atoms with Gasteiger partial charge in [-0.05, 0) is 37.1 Å². The molecule has 3 nitrogen and oxygen atoms in total. The number of hydrogen-bond acceptors (Lipinski definition) is 3. The van der Waals surface area contributed by atoms with Crippen LogP contribution < -0.4 is 5.73 Å². The minimum atomic E-state index is -1.25. The monoisotopic (exact) mass is 231 g/mol. The Morgan fingerprint density at radius 3 is 2.50 bits per heavy atom. The Hall–Kier alpha value is -1.04. The summed E-state index contributed by atoms with van der Waals surface area (Å²) in [5.74, 6) is -1.97. The molecule has 1 aromatic carbocycles. The van der Waals surface area contributed by atoms with E-state index in [2.05, 4.69) is 0 Å². The lowest BCUT2D eigenvalue weighted by Gasteiger charge is -2.19. The summed E-state index contributed by atoms with van der Waals surface area (Å²) in [6.07, 6.45) is -2.13. The highest BCUT2D eigenvalue weighted by molar-refractivity contribution is 5.30. The number of rotatable bonds is 4. The summed E-state index contributed by atoms with van der Waals surface area (Å²) in [6.45, 7) is 1.56. The van der Waals surface area contributed by atoms with E-state index in [4.69, 9.17) is 5.73 Å². The lowest BCUT2D eigenvalue weighted by atomic mass is 9.97. The van der Waals surface area contributed by atoms with Gasteiger partial charge in [0.05, 0.1) is 6.10 Å². The zero-order chi connectivity index (χ0) is 12.3. The second-order valence-corrected chi connectivity index (χ2v) is 3.67. The highest BCUT2D eigenvalue weighted by Gasteiger charge is 2.21. The van der Waals surface area contributed by atoms with Crippen molar-refractivity contribution < 1.29 is 19.0 Å². The van der Waals surface area contributed by atoms with Crippen molar-refractivity contribution in [2.24, 2.45) is 5.73 Å². The SMILES string of the molecule is Cc1c(C(O)C(O)CCN)ccc(F)c1F. The average molecular weight is 231 g/mol. The van der Waals surface area contributed by atoms with Gasteiger partial charge >= 0.3 is 0 Å². The van der Waals surface area contributed by atoms with E-state index in [-0.39, 0.29) is 24.1 Å². The third-order valence-electron chi connectivity index (χ3n) is 2.53. The summed E-state index contributed by atoms with van der Waals surface area (Å²) in [6, 6.07) is 2.19. The van der Waals surface area contributed by atoms with Crippen LogP contribution in [0.4, 0.5) is 8.78 Å². The fraction of sp³-hybridized carbons (Fsp3) is 0.455. The molecule has 90 valence electrons. The molecule has 5 heteroatoms. The summed E-state index contributed by atoms with van der Waals surface area (Å²) >= 11 is 0. The molecule has 1 aromatic rings. The van der Waals surface area contributed by atoms with Crippen molar-refractivity contribution in [3.8, 4) is 0 Å². The summed E-state index contributed by atoms with van der Waals surface area (Å²) in [4.78, 5) is 0. The maximum Gasteiger partial charge on any atom is 0.162 e. The maximum absolute atomic E-state index is 13.2. The van der Waals surface area contributed by atoms with Crippen molar-refractivity contribution in [3.63, 3.8) is 0 Å². The standard InChI is InChI=1S/C11H15F2NO2/c1-6-7(2-3-8(12)10(6)13)11(16)9(15)4-5-14/h2-3,9,11,15-16H,4-5,14H2,1H3. The van der Waals surface area contributed by atoms with Gasteiger partial charge in [-0.2, -0.15) is 0 Å². The molecule has 16 heavy (non-hydrogen) atoms. The Bertz CT molecular complexity index is 371. The van der Waals surface area contributed by atoms with E-state index >= 15 is 0 Å². The molecule has 0 heterocycles. The number of nitrogens with two attached hydrogens (primary N) is 1. The largest absolute Gasteiger partial charge is 0.390 e. The van der Waals surface area contributed by atoms with E-state index in [9.17, 15) is 19.0 Å². The first kappa shape index (κ1) is 13.0. The summed E-state index contributed by atoms with van der Waals surface area (Å²) in [5, 5.41) is 19.2. The number of hydrogen-bond donors (Lipinski definition) is 3. The van der Waals surface area contributed by atoms with Gasteiger partial charge in [-0.3, -0.25) is 0 Å². The van der Waals surface area contributed by atoms with E-state index in [0.717, 1.165) is 6.07 Å². The molecule has 0 saturated carbocycles.